The van der Waals surface area contributed by atoms with Crippen molar-refractivity contribution in [1.82, 2.24) is 14.3 Å². The molecule has 0 unspecified atom stereocenters. The minimum absolute atomic E-state index is 0.0667. The van der Waals surface area contributed by atoms with Gasteiger partial charge in [-0.3, -0.25) is 9.59 Å². The van der Waals surface area contributed by atoms with E-state index in [9.17, 15) is 18.0 Å². The van der Waals surface area contributed by atoms with Crippen LogP contribution in [0.15, 0.2) is 54.7 Å². The molecule has 0 bridgehead atoms. The molecular weight excluding hydrogens is 538 g/mol. The summed E-state index contributed by atoms with van der Waals surface area (Å²) in [5.41, 5.74) is 4.07. The van der Waals surface area contributed by atoms with E-state index in [1.54, 1.807) is 29.9 Å². The Morgan fingerprint density at radius 2 is 1.77 bits per heavy atom. The number of aryl methyl sites for hydroxylation is 4. The van der Waals surface area contributed by atoms with Crippen LogP contribution < -0.4 is 9.46 Å². The van der Waals surface area contributed by atoms with Gasteiger partial charge < -0.3 is 14.3 Å². The molecule has 0 fully saturated rings. The first-order valence-electron chi connectivity index (χ1n) is 12.7. The highest BCUT2D eigenvalue weighted by Crippen LogP contribution is 2.27. The lowest BCUT2D eigenvalue weighted by Crippen LogP contribution is -2.33. The molecule has 0 aliphatic carbocycles. The summed E-state index contributed by atoms with van der Waals surface area (Å²) in [6.07, 6.45) is 3.04. The summed E-state index contributed by atoms with van der Waals surface area (Å²) in [6.45, 7) is 4.26. The molecule has 4 rings (SSSR count). The van der Waals surface area contributed by atoms with Crippen molar-refractivity contribution in [2.24, 2.45) is 7.05 Å². The molecule has 2 heterocycles. The van der Waals surface area contributed by atoms with Gasteiger partial charge in [-0.15, -0.1) is 0 Å². The molecule has 206 valence electrons. The van der Waals surface area contributed by atoms with Crippen LogP contribution in [0.25, 0.3) is 10.9 Å². The van der Waals surface area contributed by atoms with Gasteiger partial charge in [0.05, 0.1) is 18.1 Å². The number of hydrogen-bond acceptors (Lipinski definition) is 5. The van der Waals surface area contributed by atoms with E-state index in [4.69, 9.17) is 16.3 Å². The Bertz CT molecular complexity index is 1600. The molecule has 2 N–H and O–H groups in total. The van der Waals surface area contributed by atoms with Gasteiger partial charge >= 0.3 is 0 Å². The van der Waals surface area contributed by atoms with E-state index in [1.807, 2.05) is 50.2 Å². The van der Waals surface area contributed by atoms with Gasteiger partial charge in [0.15, 0.2) is 5.78 Å². The molecule has 0 saturated carbocycles. The standard InChI is InChI=1S/C29H32ClN3O5S/c1-19-17-21(18-20(2)27(19)30)38-15-7-10-23-22-9-4-5-11-24(22)31-28(23)29(35)32-39(36,37)16-8-13-26(34)25-12-6-14-33(25)3/h4-6,9,11-12,14,17-18,31H,7-8,10,13,15-16H2,1-3H3,(H,32,35). The Labute approximate surface area is 233 Å². The molecule has 0 atom stereocenters. The van der Waals surface area contributed by atoms with Crippen LogP contribution in [0.1, 0.15) is 56.9 Å². The third-order valence-corrected chi connectivity index (χ3v) is 8.50. The normalized spacial score (nSPS) is 11.6. The van der Waals surface area contributed by atoms with Crippen molar-refractivity contribution in [3.8, 4) is 5.75 Å². The van der Waals surface area contributed by atoms with E-state index < -0.39 is 15.9 Å². The van der Waals surface area contributed by atoms with Crippen LogP contribution in [-0.2, 0) is 23.5 Å². The number of nitrogens with zero attached hydrogens (tertiary/aromatic N) is 1. The average Bonchev–Trinajstić information content (AvgIpc) is 3.48. The SMILES string of the molecule is Cc1cc(OCCCc2c(C(=O)NS(=O)(=O)CCCC(=O)c3cccn3C)[nH]c3ccccc23)cc(C)c1Cl. The van der Waals surface area contributed by atoms with Gasteiger partial charge in [-0.25, -0.2) is 13.1 Å². The monoisotopic (exact) mass is 569 g/mol. The van der Waals surface area contributed by atoms with Gasteiger partial charge in [0.1, 0.15) is 11.4 Å². The second-order valence-electron chi connectivity index (χ2n) is 9.63. The lowest BCUT2D eigenvalue weighted by atomic mass is 10.1. The number of carbonyl (C=O) groups is 2. The molecule has 0 saturated heterocycles. The first kappa shape index (κ1) is 28.4. The number of aromatic amines is 1. The number of sulfonamides is 1. The summed E-state index contributed by atoms with van der Waals surface area (Å²) >= 11 is 6.24. The molecule has 39 heavy (non-hydrogen) atoms. The van der Waals surface area contributed by atoms with E-state index in [0.29, 0.717) is 25.1 Å². The zero-order chi connectivity index (χ0) is 28.2. The minimum Gasteiger partial charge on any atom is -0.494 e. The van der Waals surface area contributed by atoms with Crippen molar-refractivity contribution in [1.29, 1.82) is 0 Å². The fourth-order valence-corrected chi connectivity index (χ4v) is 5.75. The van der Waals surface area contributed by atoms with Crippen LogP contribution in [0.2, 0.25) is 5.02 Å². The van der Waals surface area contributed by atoms with Crippen molar-refractivity contribution < 1.29 is 22.7 Å². The number of hydrogen-bond donors (Lipinski definition) is 2. The molecule has 8 nitrogen and oxygen atoms in total. The van der Waals surface area contributed by atoms with Gasteiger partial charge in [-0.2, -0.15) is 0 Å². The molecule has 0 aliphatic heterocycles. The van der Waals surface area contributed by atoms with Crippen LogP contribution in [0.5, 0.6) is 5.75 Å². The van der Waals surface area contributed by atoms with Crippen LogP contribution in [0.4, 0.5) is 0 Å². The Morgan fingerprint density at radius 3 is 2.46 bits per heavy atom. The van der Waals surface area contributed by atoms with Crippen molar-refractivity contribution >= 4 is 44.2 Å². The number of ketones is 1. The summed E-state index contributed by atoms with van der Waals surface area (Å²) in [7, 11) is -2.19. The number of H-pyrrole nitrogens is 1. The van der Waals surface area contributed by atoms with Crippen molar-refractivity contribution in [2.75, 3.05) is 12.4 Å². The topological polar surface area (TPSA) is 110 Å². The summed E-state index contributed by atoms with van der Waals surface area (Å²) < 4.78 is 35.1. The van der Waals surface area contributed by atoms with Gasteiger partial charge in [0, 0.05) is 35.6 Å². The second-order valence-corrected chi connectivity index (χ2v) is 11.8. The summed E-state index contributed by atoms with van der Waals surface area (Å²) in [5, 5.41) is 1.57. The maximum atomic E-state index is 13.1. The van der Waals surface area contributed by atoms with Crippen molar-refractivity contribution in [3.63, 3.8) is 0 Å². The first-order chi connectivity index (χ1) is 18.6. The number of amides is 1. The molecule has 2 aromatic heterocycles. The highest BCUT2D eigenvalue weighted by Gasteiger charge is 2.22. The predicted octanol–water partition coefficient (Wildman–Crippen LogP) is 5.51. The average molecular weight is 570 g/mol. The van der Waals surface area contributed by atoms with Gasteiger partial charge in [0.25, 0.3) is 5.91 Å². The van der Waals surface area contributed by atoms with E-state index in [-0.39, 0.29) is 30.1 Å². The highest BCUT2D eigenvalue weighted by molar-refractivity contribution is 7.90. The van der Waals surface area contributed by atoms with E-state index in [2.05, 4.69) is 9.71 Å². The number of fused-ring (bicyclic) bond motifs is 1. The number of para-hydroxylation sites is 1. The van der Waals surface area contributed by atoms with E-state index >= 15 is 0 Å². The number of rotatable bonds is 12. The summed E-state index contributed by atoms with van der Waals surface area (Å²) in [4.78, 5) is 28.5. The number of aromatic nitrogens is 2. The Kier molecular flexibility index (Phi) is 8.82. The number of halogens is 1. The Hall–Kier alpha value is -3.56. The van der Waals surface area contributed by atoms with Gasteiger partial charge in [0.2, 0.25) is 10.0 Å². The van der Waals surface area contributed by atoms with Crippen LogP contribution in [0.3, 0.4) is 0 Å². The van der Waals surface area contributed by atoms with Gasteiger partial charge in [-0.05, 0) is 80.1 Å². The number of ether oxygens (including phenoxy) is 1. The van der Waals surface area contributed by atoms with Gasteiger partial charge in [-0.1, -0.05) is 29.8 Å². The zero-order valence-corrected chi connectivity index (χ0v) is 23.8. The first-order valence-corrected chi connectivity index (χ1v) is 14.8. The quantitative estimate of drug-likeness (QED) is 0.173. The maximum absolute atomic E-state index is 13.1. The lowest BCUT2D eigenvalue weighted by molar-refractivity contribution is 0.0969. The van der Waals surface area contributed by atoms with Crippen LogP contribution in [-0.4, -0.2) is 42.0 Å². The molecule has 0 spiro atoms. The Morgan fingerprint density at radius 1 is 1.05 bits per heavy atom. The van der Waals surface area contributed by atoms with Crippen LogP contribution >= 0.6 is 11.6 Å². The predicted molar refractivity (Wildman–Crippen MR) is 153 cm³/mol. The zero-order valence-electron chi connectivity index (χ0n) is 22.2. The molecule has 0 aliphatic rings. The third-order valence-electron chi connectivity index (χ3n) is 6.59. The fourth-order valence-electron chi connectivity index (χ4n) is 4.63. The number of nitrogens with one attached hydrogen (secondary N) is 2. The largest absolute Gasteiger partial charge is 0.494 e. The summed E-state index contributed by atoms with van der Waals surface area (Å²) in [5.74, 6) is -0.478. The maximum Gasteiger partial charge on any atom is 0.281 e. The molecule has 1 amide bonds. The lowest BCUT2D eigenvalue weighted by Gasteiger charge is -2.11. The van der Waals surface area contributed by atoms with E-state index in [0.717, 1.165) is 38.4 Å². The highest BCUT2D eigenvalue weighted by atomic mass is 35.5. The molecule has 0 radical (unpaired) electrons. The molecule has 2 aromatic carbocycles. The minimum atomic E-state index is -3.94. The van der Waals surface area contributed by atoms with Crippen LogP contribution in [0, 0.1) is 13.8 Å². The molecule has 4 aromatic rings. The summed E-state index contributed by atoms with van der Waals surface area (Å²) in [6, 6.07) is 14.7. The third kappa shape index (κ3) is 6.91. The smallest absolute Gasteiger partial charge is 0.281 e. The molecular formula is C29H32ClN3O5S. The second kappa shape index (κ2) is 12.1. The van der Waals surface area contributed by atoms with Crippen molar-refractivity contribution in [2.45, 2.75) is 39.5 Å². The number of benzene rings is 2. The van der Waals surface area contributed by atoms with E-state index in [1.165, 1.54) is 0 Å². The fraction of sp³-hybridized carbons (Fsp3) is 0.310. The molecule has 10 heteroatoms. The van der Waals surface area contributed by atoms with Crippen molar-refractivity contribution in [3.05, 3.63) is 87.8 Å². The number of Topliss-reactive ketones (excluding diaryl/α,β-unsaturated/α-hetero) is 1. The number of carbonyl (C=O) groups excluding carboxylic acids is 2. The Balaban J connectivity index is 1.39.